The van der Waals surface area contributed by atoms with Gasteiger partial charge in [-0.15, -0.1) is 0 Å². The second-order valence-corrected chi connectivity index (χ2v) is 10.1. The van der Waals surface area contributed by atoms with Crippen molar-refractivity contribution in [3.8, 4) is 0 Å². The van der Waals surface area contributed by atoms with Gasteiger partial charge >= 0.3 is 0 Å². The molecule has 1 saturated heterocycles. The maximum absolute atomic E-state index is 14.0. The number of rotatable bonds is 16. The molecule has 0 bridgehead atoms. The summed E-state index contributed by atoms with van der Waals surface area (Å²) in [6.45, 7) is 7.19. The molecule has 1 fully saturated rings. The van der Waals surface area contributed by atoms with Gasteiger partial charge in [-0.25, -0.2) is 0 Å². The van der Waals surface area contributed by atoms with E-state index in [4.69, 9.17) is 4.74 Å². The molecule has 0 aromatic heterocycles. The molecule has 0 aliphatic carbocycles. The predicted molar refractivity (Wildman–Crippen MR) is 150 cm³/mol. The minimum Gasteiger partial charge on any atom is -0.396 e. The van der Waals surface area contributed by atoms with E-state index in [1.807, 2.05) is 30.3 Å². The zero-order chi connectivity index (χ0) is 27.3. The number of nitrogens with one attached hydrogen (secondary N) is 4. The minimum absolute atomic E-state index is 0.0256. The maximum atomic E-state index is 14.0. The summed E-state index contributed by atoms with van der Waals surface area (Å²) in [6, 6.07) is 9.44. The van der Waals surface area contributed by atoms with Gasteiger partial charge in [0.2, 0.25) is 5.91 Å². The number of aliphatic hydroxyl groups excluding tert-OH is 3. The molecule has 1 atom stereocenters. The summed E-state index contributed by atoms with van der Waals surface area (Å²) in [7, 11) is 0. The third-order valence-corrected chi connectivity index (χ3v) is 7.07. The van der Waals surface area contributed by atoms with Gasteiger partial charge in [-0.1, -0.05) is 30.3 Å². The number of aliphatic hydroxyl groups is 3. The highest BCUT2D eigenvalue weighted by Gasteiger charge is 2.35. The Labute approximate surface area is 228 Å². The molecule has 10 heteroatoms. The number of nitrogens with zero attached hydrogens (tertiary/aromatic N) is 1. The van der Waals surface area contributed by atoms with Crippen molar-refractivity contribution in [3.63, 3.8) is 0 Å². The first-order valence-electron chi connectivity index (χ1n) is 14.3. The number of carbonyl (C=O) groups is 1. The first-order chi connectivity index (χ1) is 18.6. The molecule has 10 nitrogen and oxygen atoms in total. The standard InChI is InChI=1S/C28H51N5O5/c34-20-4-9-28(10-5-21-35,11-6-22-36)32-27(37)26(24-38-23-25-7-2-1-3-8-25)33-18-16-30-14-12-29-13-15-31-17-19-33/h1-3,7-8,26,29-31,34-36H,4-6,9-24H2,(H,32,37). The van der Waals surface area contributed by atoms with E-state index in [1.54, 1.807) is 0 Å². The number of ether oxygens (including phenoxy) is 1. The molecule has 38 heavy (non-hydrogen) atoms. The smallest absolute Gasteiger partial charge is 0.240 e. The quantitative estimate of drug-likeness (QED) is 0.153. The van der Waals surface area contributed by atoms with Gasteiger partial charge in [0.1, 0.15) is 6.04 Å². The van der Waals surface area contributed by atoms with Crippen LogP contribution in [0.1, 0.15) is 44.1 Å². The third-order valence-electron chi connectivity index (χ3n) is 7.07. The lowest BCUT2D eigenvalue weighted by molar-refractivity contribution is -0.131. The molecule has 1 aliphatic rings. The van der Waals surface area contributed by atoms with Gasteiger partial charge in [0.15, 0.2) is 0 Å². The Hall–Kier alpha value is -1.63. The lowest BCUT2D eigenvalue weighted by Crippen LogP contribution is -2.58. The van der Waals surface area contributed by atoms with Crippen LogP contribution in [-0.4, -0.2) is 116 Å². The van der Waals surface area contributed by atoms with Crippen LogP contribution < -0.4 is 21.3 Å². The Morgan fingerprint density at radius 1 is 0.842 bits per heavy atom. The molecular weight excluding hydrogens is 486 g/mol. The largest absolute Gasteiger partial charge is 0.396 e. The van der Waals surface area contributed by atoms with Crippen molar-refractivity contribution in [2.45, 2.75) is 56.7 Å². The number of hydrogen-bond acceptors (Lipinski definition) is 9. The van der Waals surface area contributed by atoms with E-state index in [0.29, 0.717) is 58.2 Å². The van der Waals surface area contributed by atoms with E-state index in [2.05, 4.69) is 26.2 Å². The topological polar surface area (TPSA) is 138 Å². The lowest BCUT2D eigenvalue weighted by atomic mass is 9.83. The highest BCUT2D eigenvalue weighted by molar-refractivity contribution is 5.82. The van der Waals surface area contributed by atoms with Crippen LogP contribution >= 0.6 is 0 Å². The molecule has 0 saturated carbocycles. The van der Waals surface area contributed by atoms with Gasteiger partial charge in [0, 0.05) is 77.7 Å². The number of carbonyl (C=O) groups excluding carboxylic acids is 1. The van der Waals surface area contributed by atoms with Crippen LogP contribution in [0.3, 0.4) is 0 Å². The summed E-state index contributed by atoms with van der Waals surface area (Å²) in [4.78, 5) is 16.2. The van der Waals surface area contributed by atoms with Crippen molar-refractivity contribution in [2.24, 2.45) is 0 Å². The average molecular weight is 538 g/mol. The Balaban J connectivity index is 2.22. The molecule has 0 radical (unpaired) electrons. The zero-order valence-electron chi connectivity index (χ0n) is 23.0. The fraction of sp³-hybridized carbons (Fsp3) is 0.750. The number of hydrogen-bond donors (Lipinski definition) is 7. The van der Waals surface area contributed by atoms with Crippen LogP contribution in [0.2, 0.25) is 0 Å². The fourth-order valence-electron chi connectivity index (χ4n) is 4.97. The second kappa shape index (κ2) is 20.3. The lowest BCUT2D eigenvalue weighted by Gasteiger charge is -2.39. The molecule has 1 aromatic carbocycles. The van der Waals surface area contributed by atoms with Crippen molar-refractivity contribution in [1.29, 1.82) is 0 Å². The monoisotopic (exact) mass is 537 g/mol. The number of amides is 1. The van der Waals surface area contributed by atoms with Crippen LogP contribution in [0.15, 0.2) is 30.3 Å². The Bertz CT molecular complexity index is 693. The molecule has 1 aliphatic heterocycles. The minimum atomic E-state index is -0.600. The van der Waals surface area contributed by atoms with E-state index in [1.165, 1.54) is 0 Å². The van der Waals surface area contributed by atoms with Gasteiger partial charge in [-0.05, 0) is 44.1 Å². The van der Waals surface area contributed by atoms with Crippen molar-refractivity contribution >= 4 is 5.91 Å². The first-order valence-corrected chi connectivity index (χ1v) is 14.3. The van der Waals surface area contributed by atoms with E-state index >= 15 is 0 Å². The molecule has 218 valence electrons. The van der Waals surface area contributed by atoms with Gasteiger partial charge in [0.05, 0.1) is 13.2 Å². The highest BCUT2D eigenvalue weighted by atomic mass is 16.5. The molecule has 2 rings (SSSR count). The molecule has 1 aromatic rings. The molecule has 7 N–H and O–H groups in total. The normalized spacial score (nSPS) is 17.3. The summed E-state index contributed by atoms with van der Waals surface area (Å²) in [5.41, 5.74) is 0.455. The molecule has 0 spiro atoms. The van der Waals surface area contributed by atoms with Crippen LogP contribution in [0.5, 0.6) is 0 Å². The van der Waals surface area contributed by atoms with Crippen LogP contribution in [0, 0.1) is 0 Å². The summed E-state index contributed by atoms with van der Waals surface area (Å²) >= 11 is 0. The second-order valence-electron chi connectivity index (χ2n) is 10.1. The van der Waals surface area contributed by atoms with E-state index in [0.717, 1.165) is 44.8 Å². The van der Waals surface area contributed by atoms with Crippen LogP contribution in [-0.2, 0) is 16.1 Å². The summed E-state index contributed by atoms with van der Waals surface area (Å²) in [6.07, 6.45) is 3.38. The average Bonchev–Trinajstić information content (AvgIpc) is 2.93. The van der Waals surface area contributed by atoms with Crippen molar-refractivity contribution in [2.75, 3.05) is 78.8 Å². The summed E-state index contributed by atoms with van der Waals surface area (Å²) in [5.74, 6) is -0.111. The SMILES string of the molecule is O=C(NC(CCCO)(CCCO)CCCO)C(COCc1ccccc1)N1CCNCCNCCNCC1. The van der Waals surface area contributed by atoms with E-state index < -0.39 is 11.6 Å². The maximum Gasteiger partial charge on any atom is 0.240 e. The Morgan fingerprint density at radius 2 is 1.34 bits per heavy atom. The van der Waals surface area contributed by atoms with Gasteiger partial charge in [0.25, 0.3) is 0 Å². The molecule has 1 amide bonds. The predicted octanol–water partition coefficient (Wildman–Crippen LogP) is -0.171. The summed E-state index contributed by atoms with van der Waals surface area (Å²) in [5, 5.41) is 42.3. The van der Waals surface area contributed by atoms with E-state index in [-0.39, 0.29) is 32.3 Å². The summed E-state index contributed by atoms with van der Waals surface area (Å²) < 4.78 is 6.11. The van der Waals surface area contributed by atoms with Crippen LogP contribution in [0.4, 0.5) is 0 Å². The molecule has 1 heterocycles. The first kappa shape index (κ1) is 32.6. The number of benzene rings is 1. The highest BCUT2D eigenvalue weighted by Crippen LogP contribution is 2.26. The van der Waals surface area contributed by atoms with E-state index in [9.17, 15) is 20.1 Å². The van der Waals surface area contributed by atoms with Crippen molar-refractivity contribution in [1.82, 2.24) is 26.2 Å². The Morgan fingerprint density at radius 3 is 1.84 bits per heavy atom. The van der Waals surface area contributed by atoms with Gasteiger partial charge < -0.3 is 41.3 Å². The van der Waals surface area contributed by atoms with Gasteiger partial charge in [-0.2, -0.15) is 0 Å². The van der Waals surface area contributed by atoms with Gasteiger partial charge in [-0.3, -0.25) is 9.69 Å². The zero-order valence-corrected chi connectivity index (χ0v) is 23.0. The fourth-order valence-corrected chi connectivity index (χ4v) is 4.97. The van der Waals surface area contributed by atoms with Crippen LogP contribution in [0.25, 0.3) is 0 Å². The molecular formula is C28H51N5O5. The third kappa shape index (κ3) is 12.9. The molecule has 1 unspecified atom stereocenters. The van der Waals surface area contributed by atoms with Crippen molar-refractivity contribution < 1.29 is 24.9 Å². The Kier molecular flexibility index (Phi) is 17.4. The van der Waals surface area contributed by atoms with Crippen molar-refractivity contribution in [3.05, 3.63) is 35.9 Å².